The molecule has 0 fully saturated rings. The maximum Gasteiger partial charge on any atom is 0.159 e. The summed E-state index contributed by atoms with van der Waals surface area (Å²) in [6, 6.07) is 67.6. The summed E-state index contributed by atoms with van der Waals surface area (Å²) in [5.41, 5.74) is 11.4. The third kappa shape index (κ3) is 4.93. The molecule has 13 rings (SSSR count). The van der Waals surface area contributed by atoms with Crippen LogP contribution in [0.1, 0.15) is 0 Å². The van der Waals surface area contributed by atoms with Crippen LogP contribution in [0.4, 0.5) is 17.1 Å². The number of thiophene rings is 2. The Balaban J connectivity index is 1.01. The van der Waals surface area contributed by atoms with E-state index in [0.717, 1.165) is 66.5 Å². The second-order valence-electron chi connectivity index (χ2n) is 15.2. The second-order valence-corrected chi connectivity index (χ2v) is 17.3. The fourth-order valence-corrected chi connectivity index (χ4v) is 11.6. The average molecular weight is 790 g/mol. The quantitative estimate of drug-likeness (QED) is 0.174. The fraction of sp³-hybridized carbons (Fsp3) is 0. The highest BCUT2D eigenvalue weighted by molar-refractivity contribution is 7.26. The highest BCUT2D eigenvalue weighted by Gasteiger charge is 2.22. The van der Waals surface area contributed by atoms with Crippen molar-refractivity contribution in [3.63, 3.8) is 0 Å². The summed E-state index contributed by atoms with van der Waals surface area (Å²) >= 11 is 3.69. The molecule has 3 nitrogen and oxygen atoms in total. The average Bonchev–Trinajstić information content (AvgIpc) is 4.07. The fourth-order valence-electron chi connectivity index (χ4n) is 9.24. The van der Waals surface area contributed by atoms with Gasteiger partial charge in [0, 0.05) is 73.3 Å². The molecule has 0 aliphatic rings. The molecule has 0 bridgehead atoms. The van der Waals surface area contributed by atoms with Gasteiger partial charge in [0.25, 0.3) is 0 Å². The van der Waals surface area contributed by atoms with E-state index in [1.54, 1.807) is 0 Å². The third-order valence-corrected chi connectivity index (χ3v) is 14.2. The summed E-state index contributed by atoms with van der Waals surface area (Å²) < 4.78 is 18.4. The van der Waals surface area contributed by atoms with Gasteiger partial charge in [-0.3, -0.25) is 0 Å². The monoisotopic (exact) mass is 789 g/mol. The molecule has 0 aliphatic heterocycles. The van der Waals surface area contributed by atoms with Crippen molar-refractivity contribution >= 4 is 124 Å². The minimum atomic E-state index is 0.858. The van der Waals surface area contributed by atoms with Gasteiger partial charge in [0.2, 0.25) is 0 Å². The van der Waals surface area contributed by atoms with E-state index in [1.165, 1.54) is 57.0 Å². The van der Waals surface area contributed by atoms with Crippen molar-refractivity contribution in [1.29, 1.82) is 0 Å². The van der Waals surface area contributed by atoms with E-state index in [1.807, 2.05) is 34.8 Å². The first-order valence-corrected chi connectivity index (χ1v) is 21.5. The van der Waals surface area contributed by atoms with Gasteiger partial charge in [-0.05, 0) is 89.0 Å². The number of furan rings is 2. The lowest BCUT2D eigenvalue weighted by atomic mass is 9.97. The molecule has 4 aromatic heterocycles. The zero-order valence-electron chi connectivity index (χ0n) is 31.5. The van der Waals surface area contributed by atoms with Crippen LogP contribution in [0.25, 0.3) is 106 Å². The van der Waals surface area contributed by atoms with E-state index in [4.69, 9.17) is 8.83 Å². The number of nitrogens with zero attached hydrogens (tertiary/aromatic N) is 1. The van der Waals surface area contributed by atoms with Crippen molar-refractivity contribution in [2.45, 2.75) is 0 Å². The molecule has 0 spiro atoms. The van der Waals surface area contributed by atoms with Crippen molar-refractivity contribution in [2.24, 2.45) is 0 Å². The van der Waals surface area contributed by atoms with Gasteiger partial charge in [-0.1, -0.05) is 121 Å². The Morgan fingerprint density at radius 2 is 0.983 bits per heavy atom. The van der Waals surface area contributed by atoms with Gasteiger partial charge in [0.15, 0.2) is 5.58 Å². The van der Waals surface area contributed by atoms with Crippen molar-refractivity contribution in [3.8, 4) is 22.3 Å². The topological polar surface area (TPSA) is 29.5 Å². The largest absolute Gasteiger partial charge is 0.455 e. The minimum absolute atomic E-state index is 0.858. The molecule has 0 radical (unpaired) electrons. The molecule has 59 heavy (non-hydrogen) atoms. The summed E-state index contributed by atoms with van der Waals surface area (Å²) in [5.74, 6) is 0. The van der Waals surface area contributed by atoms with Crippen LogP contribution in [0.5, 0.6) is 0 Å². The normalized spacial score (nSPS) is 12.1. The number of hydrogen-bond donors (Lipinski definition) is 0. The van der Waals surface area contributed by atoms with Gasteiger partial charge < -0.3 is 13.7 Å². The smallest absolute Gasteiger partial charge is 0.159 e. The van der Waals surface area contributed by atoms with Gasteiger partial charge in [-0.15, -0.1) is 22.7 Å². The number of para-hydroxylation sites is 3. The zero-order chi connectivity index (χ0) is 38.6. The molecule has 5 heteroatoms. The summed E-state index contributed by atoms with van der Waals surface area (Å²) in [5, 5.41) is 9.50. The number of hydrogen-bond acceptors (Lipinski definition) is 5. The van der Waals surface area contributed by atoms with Gasteiger partial charge in [-0.25, -0.2) is 0 Å². The molecule has 0 unspecified atom stereocenters. The molecule has 0 atom stereocenters. The predicted octanol–water partition coefficient (Wildman–Crippen LogP) is 17.0. The molecule has 0 N–H and O–H groups in total. The number of anilines is 3. The SMILES string of the molecule is c1cc(-c2cccc3sc4ccc5c6ccccc6oc5c4c23)cc(N(c2ccc(-c3cccc4c3sc3ccccc34)cc2)c2cccc3c2oc2ccccc23)c1. The summed E-state index contributed by atoms with van der Waals surface area (Å²) in [6.45, 7) is 0. The Hall–Kier alpha value is -7.18. The minimum Gasteiger partial charge on any atom is -0.455 e. The van der Waals surface area contributed by atoms with Crippen LogP contribution < -0.4 is 4.90 Å². The van der Waals surface area contributed by atoms with Gasteiger partial charge in [0.05, 0.1) is 5.69 Å². The van der Waals surface area contributed by atoms with Crippen LogP contribution in [0.3, 0.4) is 0 Å². The maximum atomic E-state index is 6.70. The highest BCUT2D eigenvalue weighted by Crippen LogP contribution is 2.48. The lowest BCUT2D eigenvalue weighted by molar-refractivity contribution is 0.669. The van der Waals surface area contributed by atoms with Crippen LogP contribution in [-0.4, -0.2) is 0 Å². The van der Waals surface area contributed by atoms with Crippen LogP contribution in [-0.2, 0) is 0 Å². The molecule has 13 aromatic rings. The van der Waals surface area contributed by atoms with E-state index < -0.39 is 0 Å². The van der Waals surface area contributed by atoms with Crippen LogP contribution >= 0.6 is 22.7 Å². The molecule has 276 valence electrons. The van der Waals surface area contributed by atoms with E-state index in [2.05, 4.69) is 181 Å². The summed E-state index contributed by atoms with van der Waals surface area (Å²) in [4.78, 5) is 2.35. The third-order valence-electron chi connectivity index (χ3n) is 11.9. The molecule has 0 saturated heterocycles. The second kappa shape index (κ2) is 12.7. The van der Waals surface area contributed by atoms with Gasteiger partial charge in [0.1, 0.15) is 16.7 Å². The summed E-state index contributed by atoms with van der Waals surface area (Å²) in [6.07, 6.45) is 0. The van der Waals surface area contributed by atoms with Crippen molar-refractivity contribution in [3.05, 3.63) is 188 Å². The molecule has 9 aromatic carbocycles. The van der Waals surface area contributed by atoms with Gasteiger partial charge >= 0.3 is 0 Å². The lowest BCUT2D eigenvalue weighted by Crippen LogP contribution is -2.10. The van der Waals surface area contributed by atoms with E-state index in [-0.39, 0.29) is 0 Å². The Bertz CT molecular complexity index is 3810. The molecule has 0 saturated carbocycles. The van der Waals surface area contributed by atoms with Crippen molar-refractivity contribution in [1.82, 2.24) is 0 Å². The first-order chi connectivity index (χ1) is 29.2. The Kier molecular flexibility index (Phi) is 7.05. The van der Waals surface area contributed by atoms with E-state index >= 15 is 0 Å². The van der Waals surface area contributed by atoms with Gasteiger partial charge in [-0.2, -0.15) is 0 Å². The van der Waals surface area contributed by atoms with Crippen molar-refractivity contribution < 1.29 is 8.83 Å². The molecular formula is C54H31NO2S2. The Morgan fingerprint density at radius 3 is 1.83 bits per heavy atom. The number of rotatable bonds is 5. The van der Waals surface area contributed by atoms with Crippen LogP contribution in [0, 0.1) is 0 Å². The number of fused-ring (bicyclic) bond motifs is 13. The lowest BCUT2D eigenvalue weighted by Gasteiger charge is -2.26. The Labute approximate surface area is 346 Å². The maximum absolute atomic E-state index is 6.70. The zero-order valence-corrected chi connectivity index (χ0v) is 33.1. The van der Waals surface area contributed by atoms with Crippen LogP contribution in [0.2, 0.25) is 0 Å². The van der Waals surface area contributed by atoms with E-state index in [9.17, 15) is 0 Å². The molecule has 0 amide bonds. The molecule has 4 heterocycles. The van der Waals surface area contributed by atoms with E-state index in [0.29, 0.717) is 0 Å². The van der Waals surface area contributed by atoms with Crippen molar-refractivity contribution in [2.75, 3.05) is 4.90 Å². The first kappa shape index (κ1) is 32.9. The first-order valence-electron chi connectivity index (χ1n) is 19.8. The standard InChI is InChI=1S/C54H31NO2S2/c1-4-21-45-38(13-1)41-18-9-20-44(52(41)56-45)55(34-27-25-32(26-28-34)37-17-8-19-43-40-15-3-6-23-47(40)59-54(37)43)35-12-7-11-33(31-35)36-16-10-24-48-50(36)51-49(58-48)30-29-42-39-14-2-5-22-46(39)57-53(42)51/h1-31H. The molecular weight excluding hydrogens is 759 g/mol. The van der Waals surface area contributed by atoms with Crippen LogP contribution in [0.15, 0.2) is 197 Å². The summed E-state index contributed by atoms with van der Waals surface area (Å²) in [7, 11) is 0. The Morgan fingerprint density at radius 1 is 0.356 bits per heavy atom. The molecule has 0 aliphatic carbocycles. The number of benzene rings is 9. The highest BCUT2D eigenvalue weighted by atomic mass is 32.1. The predicted molar refractivity (Wildman–Crippen MR) is 252 cm³/mol.